The molecule has 3 aromatic rings. The first-order valence-corrected chi connectivity index (χ1v) is 10.9. The lowest BCUT2D eigenvalue weighted by atomic mass is 10.0. The Morgan fingerprint density at radius 3 is 2.32 bits per heavy atom. The molecule has 0 saturated carbocycles. The van der Waals surface area contributed by atoms with Gasteiger partial charge >= 0.3 is 0 Å². The highest BCUT2D eigenvalue weighted by atomic mass is 16.7. The summed E-state index contributed by atoms with van der Waals surface area (Å²) in [6.45, 7) is 11.9. The molecule has 1 fully saturated rings. The highest BCUT2D eigenvalue weighted by molar-refractivity contribution is 5.85. The van der Waals surface area contributed by atoms with E-state index in [4.69, 9.17) is 9.47 Å². The summed E-state index contributed by atoms with van der Waals surface area (Å²) in [6, 6.07) is 10.3. The molecule has 2 aromatic carbocycles. The number of aromatic nitrogens is 1. The lowest BCUT2D eigenvalue weighted by Gasteiger charge is -2.35. The summed E-state index contributed by atoms with van der Waals surface area (Å²) < 4.78 is 10.9. The number of pyridine rings is 1. The van der Waals surface area contributed by atoms with Crippen LogP contribution in [-0.4, -0.2) is 47.8 Å². The van der Waals surface area contributed by atoms with E-state index in [0.717, 1.165) is 77.5 Å². The molecule has 0 amide bonds. The highest BCUT2D eigenvalue weighted by Crippen LogP contribution is 2.33. The van der Waals surface area contributed by atoms with Gasteiger partial charge in [-0.2, -0.15) is 0 Å². The van der Waals surface area contributed by atoms with Gasteiger partial charge in [-0.3, -0.25) is 14.6 Å². The van der Waals surface area contributed by atoms with Gasteiger partial charge in [0.2, 0.25) is 6.79 Å². The fourth-order valence-corrected chi connectivity index (χ4v) is 4.67. The van der Waals surface area contributed by atoms with Crippen LogP contribution in [-0.2, 0) is 13.1 Å². The summed E-state index contributed by atoms with van der Waals surface area (Å²) in [4.78, 5) is 21.7. The number of aryl methyl sites for hydroxylation is 3. The smallest absolute Gasteiger partial charge is 0.231 e. The molecule has 0 atom stereocenters. The zero-order chi connectivity index (χ0) is 21.5. The number of piperazine rings is 1. The van der Waals surface area contributed by atoms with E-state index in [2.05, 4.69) is 39.9 Å². The number of hydrogen-bond acceptors (Lipinski definition) is 5. The lowest BCUT2D eigenvalue weighted by Crippen LogP contribution is -2.46. The van der Waals surface area contributed by atoms with Crippen LogP contribution >= 0.6 is 0 Å². The van der Waals surface area contributed by atoms with Crippen molar-refractivity contribution in [2.45, 2.75) is 33.9 Å². The molecule has 2 aliphatic rings. The second-order valence-electron chi connectivity index (χ2n) is 8.75. The van der Waals surface area contributed by atoms with Gasteiger partial charge in [-0.1, -0.05) is 18.2 Å². The summed E-state index contributed by atoms with van der Waals surface area (Å²) >= 11 is 0. The molecular weight excluding hydrogens is 390 g/mol. The van der Waals surface area contributed by atoms with Crippen LogP contribution in [0.4, 0.5) is 0 Å². The summed E-state index contributed by atoms with van der Waals surface area (Å²) in [6.07, 6.45) is 0. The molecule has 1 N–H and O–H groups in total. The van der Waals surface area contributed by atoms with Crippen molar-refractivity contribution in [2.75, 3.05) is 33.0 Å². The van der Waals surface area contributed by atoms with Crippen LogP contribution in [0.25, 0.3) is 10.9 Å². The number of aromatic amines is 1. The minimum Gasteiger partial charge on any atom is -0.454 e. The van der Waals surface area contributed by atoms with Crippen molar-refractivity contribution in [1.29, 1.82) is 0 Å². The standard InChI is InChI=1S/C25H29N3O3/c1-16-4-5-17(2)24-23(16)25(29)20(18(3)26-24)14-28-10-8-27(9-11-28)13-19-6-7-21-22(12-19)31-15-30-21/h4-7,12H,8-11,13-15H2,1-3H3,(H,26,29). The van der Waals surface area contributed by atoms with E-state index >= 15 is 0 Å². The predicted octanol–water partition coefficient (Wildman–Crippen LogP) is 3.50. The SMILES string of the molecule is Cc1[nH]c2c(C)ccc(C)c2c(=O)c1CN1CCN(Cc2ccc3c(c2)OCO3)CC1. The zero-order valence-electron chi connectivity index (χ0n) is 18.5. The molecule has 0 bridgehead atoms. The molecule has 162 valence electrons. The van der Waals surface area contributed by atoms with Gasteiger partial charge in [0.05, 0.1) is 5.52 Å². The molecule has 1 saturated heterocycles. The van der Waals surface area contributed by atoms with E-state index in [1.807, 2.05) is 26.0 Å². The van der Waals surface area contributed by atoms with Gasteiger partial charge in [0.25, 0.3) is 0 Å². The number of nitrogens with zero attached hydrogens (tertiary/aromatic N) is 2. The fraction of sp³-hybridized carbons (Fsp3) is 0.400. The van der Waals surface area contributed by atoms with Crippen LogP contribution in [0, 0.1) is 20.8 Å². The van der Waals surface area contributed by atoms with Crippen molar-refractivity contribution in [3.63, 3.8) is 0 Å². The monoisotopic (exact) mass is 419 g/mol. The maximum absolute atomic E-state index is 13.3. The summed E-state index contributed by atoms with van der Waals surface area (Å²) in [5, 5.41) is 0.835. The van der Waals surface area contributed by atoms with Crippen molar-refractivity contribution < 1.29 is 9.47 Å². The average Bonchev–Trinajstić information content (AvgIpc) is 3.23. The zero-order valence-corrected chi connectivity index (χ0v) is 18.5. The van der Waals surface area contributed by atoms with Crippen LogP contribution < -0.4 is 14.9 Å². The third kappa shape index (κ3) is 3.82. The van der Waals surface area contributed by atoms with Crippen molar-refractivity contribution in [3.8, 4) is 11.5 Å². The Kier molecular flexibility index (Phi) is 5.20. The van der Waals surface area contributed by atoms with Gasteiger partial charge in [-0.15, -0.1) is 0 Å². The number of rotatable bonds is 4. The molecule has 0 radical (unpaired) electrons. The van der Waals surface area contributed by atoms with Gasteiger partial charge in [-0.25, -0.2) is 0 Å². The number of hydrogen-bond donors (Lipinski definition) is 1. The van der Waals surface area contributed by atoms with Crippen molar-refractivity contribution in [1.82, 2.24) is 14.8 Å². The van der Waals surface area contributed by atoms with Crippen molar-refractivity contribution in [3.05, 3.63) is 68.5 Å². The van der Waals surface area contributed by atoms with E-state index in [1.54, 1.807) is 0 Å². The van der Waals surface area contributed by atoms with Crippen LogP contribution in [0.15, 0.2) is 35.1 Å². The van der Waals surface area contributed by atoms with E-state index in [1.165, 1.54) is 5.56 Å². The largest absolute Gasteiger partial charge is 0.454 e. The number of H-pyrrole nitrogens is 1. The van der Waals surface area contributed by atoms with Crippen molar-refractivity contribution >= 4 is 10.9 Å². The van der Waals surface area contributed by atoms with E-state index in [0.29, 0.717) is 13.3 Å². The molecule has 5 rings (SSSR count). The molecule has 6 nitrogen and oxygen atoms in total. The van der Waals surface area contributed by atoms with Gasteiger partial charge in [0.15, 0.2) is 16.9 Å². The number of nitrogens with one attached hydrogen (secondary N) is 1. The topological polar surface area (TPSA) is 57.8 Å². The Morgan fingerprint density at radius 1 is 0.871 bits per heavy atom. The summed E-state index contributed by atoms with van der Waals surface area (Å²) in [5.74, 6) is 1.67. The average molecular weight is 420 g/mol. The maximum Gasteiger partial charge on any atom is 0.231 e. The first-order chi connectivity index (χ1) is 15.0. The fourth-order valence-electron chi connectivity index (χ4n) is 4.67. The third-order valence-corrected chi connectivity index (χ3v) is 6.58. The first-order valence-electron chi connectivity index (χ1n) is 10.9. The molecule has 6 heteroatoms. The third-order valence-electron chi connectivity index (χ3n) is 6.58. The Labute approximate surface area is 182 Å². The van der Waals surface area contributed by atoms with Crippen LogP contribution in [0.1, 0.15) is 27.9 Å². The molecular formula is C25H29N3O3. The number of fused-ring (bicyclic) bond motifs is 2. The van der Waals surface area contributed by atoms with Gasteiger partial charge in [0.1, 0.15) is 0 Å². The van der Waals surface area contributed by atoms with Crippen molar-refractivity contribution in [2.24, 2.45) is 0 Å². The van der Waals surface area contributed by atoms with Crippen LogP contribution in [0.5, 0.6) is 11.5 Å². The number of benzene rings is 2. The van der Waals surface area contributed by atoms with Gasteiger partial charge in [-0.05, 0) is 49.6 Å². The van der Waals surface area contributed by atoms with E-state index < -0.39 is 0 Å². The lowest BCUT2D eigenvalue weighted by molar-refractivity contribution is 0.121. The summed E-state index contributed by atoms with van der Waals surface area (Å²) in [5.41, 5.74) is 6.42. The van der Waals surface area contributed by atoms with Gasteiger partial charge in [0, 0.05) is 55.9 Å². The predicted molar refractivity (Wildman–Crippen MR) is 122 cm³/mol. The number of ether oxygens (including phenoxy) is 2. The maximum atomic E-state index is 13.3. The molecule has 1 aromatic heterocycles. The normalized spacial score (nSPS) is 16.9. The molecule has 0 unspecified atom stereocenters. The molecule has 0 spiro atoms. The Morgan fingerprint density at radius 2 is 1.55 bits per heavy atom. The van der Waals surface area contributed by atoms with E-state index in [-0.39, 0.29) is 5.43 Å². The highest BCUT2D eigenvalue weighted by Gasteiger charge is 2.21. The quantitative estimate of drug-likeness (QED) is 0.702. The van der Waals surface area contributed by atoms with E-state index in [9.17, 15) is 4.79 Å². The minimum atomic E-state index is 0.176. The van der Waals surface area contributed by atoms with Crippen LogP contribution in [0.2, 0.25) is 0 Å². The molecule has 3 heterocycles. The molecule has 2 aliphatic heterocycles. The second-order valence-corrected chi connectivity index (χ2v) is 8.75. The molecule has 0 aliphatic carbocycles. The first kappa shape index (κ1) is 20.1. The second kappa shape index (κ2) is 8.02. The minimum absolute atomic E-state index is 0.176. The summed E-state index contributed by atoms with van der Waals surface area (Å²) in [7, 11) is 0. The Hall–Kier alpha value is -2.83. The van der Waals surface area contributed by atoms with Gasteiger partial charge < -0.3 is 14.5 Å². The van der Waals surface area contributed by atoms with Crippen LogP contribution in [0.3, 0.4) is 0 Å². The Balaban J connectivity index is 1.27. The molecule has 31 heavy (non-hydrogen) atoms. The Bertz CT molecular complexity index is 1190.